The highest BCUT2D eigenvalue weighted by Crippen LogP contribution is 2.13. The minimum Gasteiger partial charge on any atom is -0.487 e. The maximum Gasteiger partial charge on any atom is 0.264 e. The summed E-state index contributed by atoms with van der Waals surface area (Å²) in [6.07, 6.45) is 0. The van der Waals surface area contributed by atoms with Crippen molar-refractivity contribution in [2.24, 2.45) is 0 Å². The smallest absolute Gasteiger partial charge is 0.264 e. The predicted octanol–water partition coefficient (Wildman–Crippen LogP) is 0.864. The van der Waals surface area contributed by atoms with Gasteiger partial charge in [-0.05, 0) is 24.3 Å². The number of ether oxygens (including phenoxy) is 1. The van der Waals surface area contributed by atoms with Crippen LogP contribution in [-0.4, -0.2) is 10.2 Å². The fourth-order valence-electron chi connectivity index (χ4n) is 1.18. The van der Waals surface area contributed by atoms with E-state index in [9.17, 15) is 4.79 Å². The SMILES string of the molecule is Nc1ccc(OCc2cc(=O)[nH][nH]2)cc1. The van der Waals surface area contributed by atoms with Crippen LogP contribution in [0.4, 0.5) is 5.69 Å². The molecule has 0 aliphatic carbocycles. The molecule has 5 nitrogen and oxygen atoms in total. The second-order valence-electron chi connectivity index (χ2n) is 3.14. The summed E-state index contributed by atoms with van der Waals surface area (Å²) in [5.41, 5.74) is 6.77. The third kappa shape index (κ3) is 2.40. The van der Waals surface area contributed by atoms with E-state index in [1.165, 1.54) is 6.07 Å². The van der Waals surface area contributed by atoms with Gasteiger partial charge in [0, 0.05) is 11.8 Å². The minimum atomic E-state index is -0.161. The van der Waals surface area contributed by atoms with Crippen LogP contribution in [0.15, 0.2) is 35.1 Å². The van der Waals surface area contributed by atoms with Gasteiger partial charge in [0.1, 0.15) is 12.4 Å². The number of aromatic nitrogens is 2. The number of H-pyrrole nitrogens is 2. The summed E-state index contributed by atoms with van der Waals surface area (Å²) in [6.45, 7) is 0.322. The number of benzene rings is 1. The Morgan fingerprint density at radius 3 is 2.53 bits per heavy atom. The Morgan fingerprint density at radius 1 is 1.20 bits per heavy atom. The monoisotopic (exact) mass is 205 g/mol. The Labute approximate surface area is 85.9 Å². The van der Waals surface area contributed by atoms with Gasteiger partial charge in [-0.2, -0.15) is 0 Å². The molecule has 1 aromatic carbocycles. The quantitative estimate of drug-likeness (QED) is 0.650. The highest BCUT2D eigenvalue weighted by atomic mass is 16.5. The van der Waals surface area contributed by atoms with Gasteiger partial charge < -0.3 is 10.5 Å². The molecular formula is C10H11N3O2. The van der Waals surface area contributed by atoms with Crippen LogP contribution in [0.1, 0.15) is 5.69 Å². The highest BCUT2D eigenvalue weighted by molar-refractivity contribution is 5.41. The van der Waals surface area contributed by atoms with E-state index in [2.05, 4.69) is 10.2 Å². The molecule has 0 aliphatic rings. The summed E-state index contributed by atoms with van der Waals surface area (Å²) in [4.78, 5) is 10.8. The number of hydrogen-bond acceptors (Lipinski definition) is 3. The van der Waals surface area contributed by atoms with Gasteiger partial charge in [0.2, 0.25) is 0 Å². The molecule has 5 heteroatoms. The summed E-state index contributed by atoms with van der Waals surface area (Å²) in [5.74, 6) is 0.714. The third-order valence-electron chi connectivity index (χ3n) is 1.93. The fourth-order valence-corrected chi connectivity index (χ4v) is 1.18. The first-order valence-electron chi connectivity index (χ1n) is 4.49. The first-order valence-corrected chi connectivity index (χ1v) is 4.49. The van der Waals surface area contributed by atoms with Crippen molar-refractivity contribution in [3.05, 3.63) is 46.4 Å². The molecule has 15 heavy (non-hydrogen) atoms. The fraction of sp³-hybridized carbons (Fsp3) is 0.100. The molecule has 0 amide bonds. The molecule has 0 saturated carbocycles. The Bertz CT molecular complexity index is 484. The Hall–Kier alpha value is -2.17. The van der Waals surface area contributed by atoms with Crippen LogP contribution in [0.25, 0.3) is 0 Å². The topological polar surface area (TPSA) is 83.9 Å². The molecule has 0 aliphatic heterocycles. The van der Waals surface area contributed by atoms with Crippen molar-refractivity contribution in [1.29, 1.82) is 0 Å². The van der Waals surface area contributed by atoms with Gasteiger partial charge in [-0.1, -0.05) is 0 Å². The van der Waals surface area contributed by atoms with Crippen LogP contribution in [0.5, 0.6) is 5.75 Å². The zero-order valence-electron chi connectivity index (χ0n) is 7.99. The van der Waals surface area contributed by atoms with E-state index < -0.39 is 0 Å². The molecule has 2 rings (SSSR count). The van der Waals surface area contributed by atoms with E-state index in [-0.39, 0.29) is 5.56 Å². The van der Waals surface area contributed by atoms with Crippen molar-refractivity contribution in [2.75, 3.05) is 5.73 Å². The first kappa shape index (κ1) is 9.39. The van der Waals surface area contributed by atoms with Crippen molar-refractivity contribution < 1.29 is 4.74 Å². The maximum absolute atomic E-state index is 10.8. The van der Waals surface area contributed by atoms with Crippen LogP contribution < -0.4 is 16.0 Å². The van der Waals surface area contributed by atoms with Crippen LogP contribution in [-0.2, 0) is 6.61 Å². The van der Waals surface area contributed by atoms with Crippen molar-refractivity contribution in [1.82, 2.24) is 10.2 Å². The van der Waals surface area contributed by atoms with E-state index >= 15 is 0 Å². The third-order valence-corrected chi connectivity index (χ3v) is 1.93. The van der Waals surface area contributed by atoms with E-state index in [1.807, 2.05) is 0 Å². The Kier molecular flexibility index (Phi) is 2.45. The first-order chi connectivity index (χ1) is 7.24. The van der Waals surface area contributed by atoms with Gasteiger partial charge in [-0.15, -0.1) is 0 Å². The summed E-state index contributed by atoms with van der Waals surface area (Å²) in [7, 11) is 0. The lowest BCUT2D eigenvalue weighted by Gasteiger charge is -2.03. The van der Waals surface area contributed by atoms with Gasteiger partial charge in [-0.25, -0.2) is 0 Å². The summed E-state index contributed by atoms with van der Waals surface area (Å²) < 4.78 is 5.41. The standard InChI is InChI=1S/C10H11N3O2/c11-7-1-3-9(4-2-7)15-6-8-5-10(14)13-12-8/h1-5H,6,11H2,(H2,12,13,14). The van der Waals surface area contributed by atoms with Crippen LogP contribution in [0.2, 0.25) is 0 Å². The second kappa shape index (κ2) is 3.91. The van der Waals surface area contributed by atoms with Crippen LogP contribution in [0, 0.1) is 0 Å². The molecule has 0 unspecified atom stereocenters. The van der Waals surface area contributed by atoms with E-state index in [4.69, 9.17) is 10.5 Å². The summed E-state index contributed by atoms with van der Waals surface area (Å²) in [5, 5.41) is 5.13. The molecule has 4 N–H and O–H groups in total. The van der Waals surface area contributed by atoms with Gasteiger partial charge in [0.25, 0.3) is 5.56 Å². The molecule has 78 valence electrons. The molecule has 2 aromatic rings. The average Bonchev–Trinajstić information content (AvgIpc) is 2.64. The van der Waals surface area contributed by atoms with Crippen molar-refractivity contribution >= 4 is 5.69 Å². The van der Waals surface area contributed by atoms with Crippen molar-refractivity contribution in [3.8, 4) is 5.75 Å². The molecule has 1 aromatic heterocycles. The van der Waals surface area contributed by atoms with Gasteiger partial charge >= 0.3 is 0 Å². The van der Waals surface area contributed by atoms with Gasteiger partial charge in [0.05, 0.1) is 5.69 Å². The molecule has 0 saturated heterocycles. The Morgan fingerprint density at radius 2 is 1.93 bits per heavy atom. The number of rotatable bonds is 3. The number of hydrogen-bond donors (Lipinski definition) is 3. The number of nitrogens with two attached hydrogens (primary N) is 1. The minimum absolute atomic E-state index is 0.161. The van der Waals surface area contributed by atoms with E-state index in [1.54, 1.807) is 24.3 Å². The highest BCUT2D eigenvalue weighted by Gasteiger charge is 1.97. The van der Waals surface area contributed by atoms with Crippen LogP contribution >= 0.6 is 0 Å². The van der Waals surface area contributed by atoms with Crippen LogP contribution in [0.3, 0.4) is 0 Å². The number of nitrogens with one attached hydrogen (secondary N) is 2. The molecule has 0 atom stereocenters. The molecule has 0 bridgehead atoms. The van der Waals surface area contributed by atoms with Crippen molar-refractivity contribution in [2.45, 2.75) is 6.61 Å². The molecule has 0 radical (unpaired) electrons. The number of anilines is 1. The molecule has 0 fully saturated rings. The van der Waals surface area contributed by atoms with Crippen molar-refractivity contribution in [3.63, 3.8) is 0 Å². The van der Waals surface area contributed by atoms with E-state index in [0.29, 0.717) is 23.7 Å². The average molecular weight is 205 g/mol. The summed E-state index contributed by atoms with van der Waals surface area (Å²) in [6, 6.07) is 8.53. The lowest BCUT2D eigenvalue weighted by Crippen LogP contribution is -1.96. The predicted molar refractivity (Wildman–Crippen MR) is 56.6 cm³/mol. The Balaban J connectivity index is 1.99. The van der Waals surface area contributed by atoms with Gasteiger partial charge in [-0.3, -0.25) is 15.0 Å². The molecular weight excluding hydrogens is 194 g/mol. The normalized spacial score (nSPS) is 10.1. The zero-order valence-corrected chi connectivity index (χ0v) is 7.99. The largest absolute Gasteiger partial charge is 0.487 e. The number of nitrogen functional groups attached to an aromatic ring is 1. The zero-order chi connectivity index (χ0) is 10.7. The van der Waals surface area contributed by atoms with Gasteiger partial charge in [0.15, 0.2) is 0 Å². The lowest BCUT2D eigenvalue weighted by molar-refractivity contribution is 0.301. The molecule has 1 heterocycles. The lowest BCUT2D eigenvalue weighted by atomic mass is 10.3. The maximum atomic E-state index is 10.8. The van der Waals surface area contributed by atoms with E-state index in [0.717, 1.165) is 0 Å². The summed E-state index contributed by atoms with van der Waals surface area (Å²) >= 11 is 0. The second-order valence-corrected chi connectivity index (χ2v) is 3.14. The number of aromatic amines is 2. The molecule has 0 spiro atoms.